The lowest BCUT2D eigenvalue weighted by Gasteiger charge is -2.21. The fraction of sp³-hybridized carbons (Fsp3) is 0.143. The lowest BCUT2D eigenvalue weighted by molar-refractivity contribution is -0.384. The monoisotopic (exact) mass is 470 g/mol. The summed E-state index contributed by atoms with van der Waals surface area (Å²) < 4.78 is 25.6. The molecule has 0 radical (unpaired) electrons. The summed E-state index contributed by atoms with van der Waals surface area (Å²) in [4.78, 5) is 24.4. The van der Waals surface area contributed by atoms with Crippen molar-refractivity contribution in [1.29, 1.82) is 0 Å². The Morgan fingerprint density at radius 1 is 1.19 bits per heavy atom. The molecular weight excluding hydrogens is 452 g/mol. The van der Waals surface area contributed by atoms with Crippen LogP contribution in [-0.2, 0) is 10.0 Å². The molecule has 164 valence electrons. The number of rotatable bonds is 6. The number of hydrazone groups is 1. The Morgan fingerprint density at radius 2 is 1.97 bits per heavy atom. The summed E-state index contributed by atoms with van der Waals surface area (Å²) in [5.41, 5.74) is 2.12. The van der Waals surface area contributed by atoms with Crippen LogP contribution in [0.4, 0.5) is 11.4 Å². The van der Waals surface area contributed by atoms with Crippen LogP contribution in [0.3, 0.4) is 0 Å². The third-order valence-electron chi connectivity index (χ3n) is 4.82. The zero-order valence-corrected chi connectivity index (χ0v) is 18.5. The Morgan fingerprint density at radius 3 is 2.66 bits per heavy atom. The van der Waals surface area contributed by atoms with Gasteiger partial charge in [0.25, 0.3) is 11.6 Å². The van der Waals surface area contributed by atoms with Crippen LogP contribution in [0.1, 0.15) is 33.3 Å². The molecule has 3 aromatic rings. The molecule has 0 aliphatic carbocycles. The number of sulfonamides is 1. The van der Waals surface area contributed by atoms with Gasteiger partial charge in [0.15, 0.2) is 0 Å². The molecule has 11 heteroatoms. The summed E-state index contributed by atoms with van der Waals surface area (Å²) >= 11 is 1.28. The van der Waals surface area contributed by atoms with Crippen molar-refractivity contribution in [1.82, 2.24) is 5.01 Å². The standard InChI is InChI=1S/C21H18N4O5S2/c1-32(29,30)23-16-7-2-5-14(11-16)18-13-19(15-6-3-8-17(12-15)25(27)28)24(22-18)21(26)20-9-4-10-31-20/h2-12,19,23H,13H2,1H3/t19-/m0/s1. The second kappa shape index (κ2) is 8.52. The van der Waals surface area contributed by atoms with Gasteiger partial charge in [-0.3, -0.25) is 19.6 Å². The number of anilines is 1. The van der Waals surface area contributed by atoms with E-state index in [2.05, 4.69) is 9.82 Å². The predicted octanol–water partition coefficient (Wildman–Crippen LogP) is 4.02. The van der Waals surface area contributed by atoms with Gasteiger partial charge in [-0.15, -0.1) is 11.3 Å². The number of nitrogens with one attached hydrogen (secondary N) is 1. The highest BCUT2D eigenvalue weighted by molar-refractivity contribution is 7.92. The number of thiophene rings is 1. The van der Waals surface area contributed by atoms with Gasteiger partial charge in [0.1, 0.15) is 0 Å². The first-order valence-electron chi connectivity index (χ1n) is 9.48. The van der Waals surface area contributed by atoms with E-state index in [9.17, 15) is 23.3 Å². The highest BCUT2D eigenvalue weighted by Gasteiger charge is 2.34. The maximum atomic E-state index is 13.1. The van der Waals surface area contributed by atoms with Gasteiger partial charge >= 0.3 is 0 Å². The molecule has 1 atom stereocenters. The molecule has 0 bridgehead atoms. The lowest BCUT2D eigenvalue weighted by Crippen LogP contribution is -2.26. The number of nitrogens with zero attached hydrogens (tertiary/aromatic N) is 3. The van der Waals surface area contributed by atoms with Gasteiger partial charge in [0.05, 0.1) is 27.8 Å². The molecular formula is C21H18N4O5S2. The number of benzene rings is 2. The third kappa shape index (κ3) is 4.68. The van der Waals surface area contributed by atoms with Crippen LogP contribution in [0, 0.1) is 10.1 Å². The molecule has 9 nitrogen and oxygen atoms in total. The van der Waals surface area contributed by atoms with Crippen LogP contribution >= 0.6 is 11.3 Å². The van der Waals surface area contributed by atoms with Crippen molar-refractivity contribution < 1.29 is 18.1 Å². The lowest BCUT2D eigenvalue weighted by atomic mass is 9.98. The quantitative estimate of drug-likeness (QED) is 0.431. The first kappa shape index (κ1) is 21.7. The highest BCUT2D eigenvalue weighted by atomic mass is 32.2. The molecule has 1 N–H and O–H groups in total. The van der Waals surface area contributed by atoms with Gasteiger partial charge in [-0.1, -0.05) is 30.3 Å². The normalized spacial score (nSPS) is 16.0. The van der Waals surface area contributed by atoms with E-state index in [1.54, 1.807) is 53.9 Å². The van der Waals surface area contributed by atoms with E-state index in [1.165, 1.54) is 28.5 Å². The van der Waals surface area contributed by atoms with Gasteiger partial charge < -0.3 is 0 Å². The largest absolute Gasteiger partial charge is 0.284 e. The van der Waals surface area contributed by atoms with Crippen LogP contribution in [0.15, 0.2) is 71.1 Å². The molecule has 0 saturated heterocycles. The van der Waals surface area contributed by atoms with Crippen LogP contribution < -0.4 is 4.72 Å². The topological polar surface area (TPSA) is 122 Å². The minimum absolute atomic E-state index is 0.0705. The minimum Gasteiger partial charge on any atom is -0.284 e. The van der Waals surface area contributed by atoms with E-state index >= 15 is 0 Å². The van der Waals surface area contributed by atoms with Crippen molar-refractivity contribution in [2.45, 2.75) is 12.5 Å². The van der Waals surface area contributed by atoms with E-state index < -0.39 is 21.0 Å². The molecule has 1 aliphatic rings. The van der Waals surface area contributed by atoms with Gasteiger partial charge in [-0.2, -0.15) is 5.10 Å². The summed E-state index contributed by atoms with van der Waals surface area (Å²) in [6.07, 6.45) is 1.38. The van der Waals surface area contributed by atoms with Gasteiger partial charge in [-0.25, -0.2) is 13.4 Å². The zero-order chi connectivity index (χ0) is 22.9. The number of amides is 1. The number of non-ortho nitro benzene ring substituents is 1. The van der Waals surface area contributed by atoms with E-state index in [0.29, 0.717) is 33.8 Å². The average Bonchev–Trinajstić information content (AvgIpc) is 3.43. The van der Waals surface area contributed by atoms with Crippen molar-refractivity contribution in [3.8, 4) is 0 Å². The van der Waals surface area contributed by atoms with Crippen molar-refractivity contribution in [3.63, 3.8) is 0 Å². The number of nitro groups is 1. The molecule has 0 saturated carbocycles. The smallest absolute Gasteiger partial charge is 0.284 e. The number of hydrogen-bond acceptors (Lipinski definition) is 7. The molecule has 32 heavy (non-hydrogen) atoms. The van der Waals surface area contributed by atoms with Crippen molar-refractivity contribution in [2.75, 3.05) is 11.0 Å². The number of hydrogen-bond donors (Lipinski definition) is 1. The maximum Gasteiger partial charge on any atom is 0.284 e. The van der Waals surface area contributed by atoms with E-state index in [0.717, 1.165) is 6.26 Å². The average molecular weight is 471 g/mol. The summed E-state index contributed by atoms with van der Waals surface area (Å²) in [6, 6.07) is 15.8. The fourth-order valence-corrected chi connectivity index (χ4v) is 4.68. The molecule has 0 fully saturated rings. The van der Waals surface area contributed by atoms with Crippen LogP contribution in [0.2, 0.25) is 0 Å². The molecule has 2 aromatic carbocycles. The summed E-state index contributed by atoms with van der Waals surface area (Å²) in [5.74, 6) is -0.308. The minimum atomic E-state index is -3.45. The van der Waals surface area contributed by atoms with E-state index in [4.69, 9.17) is 0 Å². The van der Waals surface area contributed by atoms with Gasteiger partial charge in [0.2, 0.25) is 10.0 Å². The van der Waals surface area contributed by atoms with Crippen LogP contribution in [0.25, 0.3) is 0 Å². The van der Waals surface area contributed by atoms with Crippen LogP contribution in [-0.4, -0.2) is 36.2 Å². The van der Waals surface area contributed by atoms with E-state index in [-0.39, 0.29) is 11.6 Å². The van der Waals surface area contributed by atoms with Gasteiger partial charge in [-0.05, 0) is 34.7 Å². The summed E-state index contributed by atoms with van der Waals surface area (Å²) in [7, 11) is -3.45. The second-order valence-electron chi connectivity index (χ2n) is 7.20. The molecule has 2 heterocycles. The Kier molecular flexibility index (Phi) is 5.76. The predicted molar refractivity (Wildman–Crippen MR) is 122 cm³/mol. The molecule has 4 rings (SSSR count). The van der Waals surface area contributed by atoms with Gasteiger partial charge in [0, 0.05) is 24.2 Å². The second-order valence-corrected chi connectivity index (χ2v) is 9.90. The fourth-order valence-electron chi connectivity index (χ4n) is 3.47. The summed E-state index contributed by atoms with van der Waals surface area (Å²) in [5, 5.41) is 18.9. The van der Waals surface area contributed by atoms with Crippen LogP contribution in [0.5, 0.6) is 0 Å². The Labute approximate surface area is 188 Å². The van der Waals surface area contributed by atoms with Crippen molar-refractivity contribution in [2.24, 2.45) is 5.10 Å². The first-order chi connectivity index (χ1) is 15.2. The van der Waals surface area contributed by atoms with E-state index in [1.807, 2.05) is 0 Å². The number of nitro benzene ring substituents is 1. The SMILES string of the molecule is CS(=O)(=O)Nc1cccc(C2=NN(C(=O)c3cccs3)[C@H](c3cccc([N+](=O)[O-])c3)C2)c1. The van der Waals surface area contributed by atoms with Crippen molar-refractivity contribution in [3.05, 3.63) is 92.2 Å². The first-order valence-corrected chi connectivity index (χ1v) is 12.3. The summed E-state index contributed by atoms with van der Waals surface area (Å²) in [6.45, 7) is 0. The molecule has 1 aliphatic heterocycles. The zero-order valence-electron chi connectivity index (χ0n) is 16.8. The molecule has 0 unspecified atom stereocenters. The molecule has 1 aromatic heterocycles. The Bertz CT molecular complexity index is 1320. The highest BCUT2D eigenvalue weighted by Crippen LogP contribution is 2.36. The Hall–Kier alpha value is -3.57. The van der Waals surface area contributed by atoms with Crippen molar-refractivity contribution >= 4 is 44.4 Å². The molecule has 0 spiro atoms. The number of carbonyl (C=O) groups excluding carboxylic acids is 1. The maximum absolute atomic E-state index is 13.1. The third-order valence-corrected chi connectivity index (χ3v) is 6.28. The Balaban J connectivity index is 1.73. The number of carbonyl (C=O) groups is 1. The molecule has 1 amide bonds.